The van der Waals surface area contributed by atoms with Crippen molar-refractivity contribution in [3.05, 3.63) is 58.9 Å². The van der Waals surface area contributed by atoms with Crippen molar-refractivity contribution in [2.75, 3.05) is 11.9 Å². The Labute approximate surface area is 155 Å². The Balaban J connectivity index is 0.00000243. The number of rotatable bonds is 4. The van der Waals surface area contributed by atoms with Crippen LogP contribution in [0.4, 0.5) is 18.9 Å². The summed E-state index contributed by atoms with van der Waals surface area (Å²) in [5.74, 6) is -3.10. The molecule has 1 atom stereocenters. The minimum Gasteiger partial charge on any atom is -0.481 e. The predicted octanol–water partition coefficient (Wildman–Crippen LogP) is 3.58. The lowest BCUT2D eigenvalue weighted by Crippen LogP contribution is -2.31. The maximum absolute atomic E-state index is 14.5. The molecule has 0 bridgehead atoms. The minimum absolute atomic E-state index is 0. The molecule has 1 unspecified atom stereocenters. The van der Waals surface area contributed by atoms with Gasteiger partial charge >= 0.3 is 0 Å². The van der Waals surface area contributed by atoms with Crippen LogP contribution < -0.4 is 15.4 Å². The van der Waals surface area contributed by atoms with Gasteiger partial charge in [0.1, 0.15) is 11.6 Å². The SMILES string of the molecule is CC(Oc1ccc(F)c(F)c1)C(=O)Nc1ccc2c(c1F)CCNC2.Cl. The number of nitrogens with one attached hydrogen (secondary N) is 2. The lowest BCUT2D eigenvalue weighted by molar-refractivity contribution is -0.122. The molecule has 0 aliphatic carbocycles. The number of carbonyl (C=O) groups is 1. The van der Waals surface area contributed by atoms with Gasteiger partial charge in [-0.1, -0.05) is 6.07 Å². The van der Waals surface area contributed by atoms with Crippen LogP contribution in [0.2, 0.25) is 0 Å². The Morgan fingerprint density at radius 1 is 1.19 bits per heavy atom. The van der Waals surface area contributed by atoms with E-state index in [0.717, 1.165) is 17.7 Å². The third-order valence-electron chi connectivity index (χ3n) is 4.04. The van der Waals surface area contributed by atoms with E-state index in [9.17, 15) is 18.0 Å². The number of amides is 1. The molecule has 0 spiro atoms. The van der Waals surface area contributed by atoms with E-state index in [1.807, 2.05) is 0 Å². The average Bonchev–Trinajstić information content (AvgIpc) is 2.60. The van der Waals surface area contributed by atoms with Crippen LogP contribution in [0, 0.1) is 17.5 Å². The number of ether oxygens (including phenoxy) is 1. The summed E-state index contributed by atoms with van der Waals surface area (Å²) in [7, 11) is 0. The first-order chi connectivity index (χ1) is 12.0. The summed E-state index contributed by atoms with van der Waals surface area (Å²) >= 11 is 0. The number of anilines is 1. The van der Waals surface area contributed by atoms with E-state index in [4.69, 9.17) is 4.74 Å². The summed E-state index contributed by atoms with van der Waals surface area (Å²) in [5, 5.41) is 5.63. The van der Waals surface area contributed by atoms with Crippen LogP contribution in [0.15, 0.2) is 30.3 Å². The lowest BCUT2D eigenvalue weighted by atomic mass is 9.99. The van der Waals surface area contributed by atoms with E-state index in [2.05, 4.69) is 10.6 Å². The summed E-state index contributed by atoms with van der Waals surface area (Å²) < 4.78 is 45.9. The molecule has 8 heteroatoms. The largest absolute Gasteiger partial charge is 0.481 e. The first kappa shape index (κ1) is 20.1. The Hall–Kier alpha value is -2.25. The third kappa shape index (κ3) is 4.28. The van der Waals surface area contributed by atoms with E-state index in [1.165, 1.54) is 19.1 Å². The topological polar surface area (TPSA) is 50.4 Å². The molecule has 1 amide bonds. The number of benzene rings is 2. The molecule has 0 saturated heterocycles. The molecule has 0 saturated carbocycles. The molecule has 3 rings (SSSR count). The van der Waals surface area contributed by atoms with E-state index in [1.54, 1.807) is 6.07 Å². The first-order valence-corrected chi connectivity index (χ1v) is 7.89. The van der Waals surface area contributed by atoms with Crippen LogP contribution in [-0.2, 0) is 17.8 Å². The molecular formula is C18H18ClF3N2O2. The van der Waals surface area contributed by atoms with Crippen LogP contribution in [0.3, 0.4) is 0 Å². The minimum atomic E-state index is -1.07. The van der Waals surface area contributed by atoms with Crippen LogP contribution in [0.1, 0.15) is 18.1 Å². The molecule has 2 N–H and O–H groups in total. The van der Waals surface area contributed by atoms with Gasteiger partial charge in [0.2, 0.25) is 0 Å². The smallest absolute Gasteiger partial charge is 0.265 e. The molecule has 0 aromatic heterocycles. The highest BCUT2D eigenvalue weighted by molar-refractivity contribution is 5.94. The molecule has 0 fully saturated rings. The lowest BCUT2D eigenvalue weighted by Gasteiger charge is -2.20. The highest BCUT2D eigenvalue weighted by Crippen LogP contribution is 2.25. The maximum atomic E-state index is 14.5. The molecule has 1 aliphatic rings. The van der Waals surface area contributed by atoms with Crippen molar-refractivity contribution in [3.8, 4) is 5.75 Å². The highest BCUT2D eigenvalue weighted by atomic mass is 35.5. The Morgan fingerprint density at radius 2 is 1.96 bits per heavy atom. The van der Waals surface area contributed by atoms with Gasteiger partial charge in [-0.15, -0.1) is 12.4 Å². The summed E-state index contributed by atoms with van der Waals surface area (Å²) in [5.41, 5.74) is 1.53. The Kier molecular flexibility index (Phi) is 6.50. The van der Waals surface area contributed by atoms with E-state index < -0.39 is 29.5 Å². The van der Waals surface area contributed by atoms with Gasteiger partial charge in [0.05, 0.1) is 5.69 Å². The molecule has 140 valence electrons. The second kappa shape index (κ2) is 8.42. The standard InChI is InChI=1S/C18H17F3N2O2.ClH/c1-10(25-12-3-4-14(19)15(20)8-12)18(24)23-16-5-2-11-9-22-7-6-13(11)17(16)21;/h2-5,8,10,22H,6-7,9H2,1H3,(H,23,24);1H. The molecule has 0 radical (unpaired) electrons. The molecule has 2 aromatic carbocycles. The summed E-state index contributed by atoms with van der Waals surface area (Å²) in [4.78, 5) is 12.2. The molecule has 2 aromatic rings. The van der Waals surface area contributed by atoms with Crippen molar-refractivity contribution in [3.63, 3.8) is 0 Å². The fourth-order valence-corrected chi connectivity index (χ4v) is 2.67. The molecular weight excluding hydrogens is 369 g/mol. The quantitative estimate of drug-likeness (QED) is 0.844. The van der Waals surface area contributed by atoms with Crippen LogP contribution in [-0.4, -0.2) is 18.6 Å². The van der Waals surface area contributed by atoms with Gasteiger partial charge in [-0.2, -0.15) is 0 Å². The Morgan fingerprint density at radius 3 is 2.69 bits per heavy atom. The number of hydrogen-bond donors (Lipinski definition) is 2. The van der Waals surface area contributed by atoms with Crippen molar-refractivity contribution in [1.29, 1.82) is 0 Å². The van der Waals surface area contributed by atoms with Crippen molar-refractivity contribution < 1.29 is 22.7 Å². The van der Waals surface area contributed by atoms with Crippen LogP contribution >= 0.6 is 12.4 Å². The van der Waals surface area contributed by atoms with Gasteiger partial charge in [-0.3, -0.25) is 4.79 Å². The van der Waals surface area contributed by atoms with Crippen molar-refractivity contribution in [1.82, 2.24) is 5.32 Å². The monoisotopic (exact) mass is 386 g/mol. The van der Waals surface area contributed by atoms with Crippen molar-refractivity contribution >= 4 is 24.0 Å². The fourth-order valence-electron chi connectivity index (χ4n) is 2.67. The molecule has 1 heterocycles. The summed E-state index contributed by atoms with van der Waals surface area (Å²) in [6, 6.07) is 6.25. The van der Waals surface area contributed by atoms with Crippen LogP contribution in [0.25, 0.3) is 0 Å². The second-order valence-electron chi connectivity index (χ2n) is 5.82. The third-order valence-corrected chi connectivity index (χ3v) is 4.04. The van der Waals surface area contributed by atoms with Gasteiger partial charge in [0, 0.05) is 12.6 Å². The average molecular weight is 387 g/mol. The number of fused-ring (bicyclic) bond motifs is 1. The van der Waals surface area contributed by atoms with Gasteiger partial charge in [-0.05, 0) is 49.2 Å². The van der Waals surface area contributed by atoms with Gasteiger partial charge in [0.15, 0.2) is 17.7 Å². The van der Waals surface area contributed by atoms with E-state index in [-0.39, 0.29) is 23.8 Å². The van der Waals surface area contributed by atoms with E-state index in [0.29, 0.717) is 25.1 Å². The zero-order chi connectivity index (χ0) is 18.0. The number of halogens is 4. The first-order valence-electron chi connectivity index (χ1n) is 7.89. The van der Waals surface area contributed by atoms with Gasteiger partial charge in [0.25, 0.3) is 5.91 Å². The predicted molar refractivity (Wildman–Crippen MR) is 94.1 cm³/mol. The molecule has 1 aliphatic heterocycles. The van der Waals surface area contributed by atoms with Crippen LogP contribution in [0.5, 0.6) is 5.75 Å². The van der Waals surface area contributed by atoms with Crippen molar-refractivity contribution in [2.24, 2.45) is 0 Å². The van der Waals surface area contributed by atoms with Gasteiger partial charge < -0.3 is 15.4 Å². The second-order valence-corrected chi connectivity index (χ2v) is 5.82. The summed E-state index contributed by atoms with van der Waals surface area (Å²) in [6.45, 7) is 2.71. The maximum Gasteiger partial charge on any atom is 0.265 e. The highest BCUT2D eigenvalue weighted by Gasteiger charge is 2.21. The zero-order valence-corrected chi connectivity index (χ0v) is 14.8. The summed E-state index contributed by atoms with van der Waals surface area (Å²) in [6.07, 6.45) is -0.465. The zero-order valence-electron chi connectivity index (χ0n) is 13.9. The number of carbonyl (C=O) groups excluding carboxylic acids is 1. The molecule has 4 nitrogen and oxygen atoms in total. The van der Waals surface area contributed by atoms with E-state index >= 15 is 0 Å². The fraction of sp³-hybridized carbons (Fsp3) is 0.278. The molecule has 26 heavy (non-hydrogen) atoms. The Bertz CT molecular complexity index is 817. The number of hydrogen-bond acceptors (Lipinski definition) is 3. The van der Waals surface area contributed by atoms with Crippen molar-refractivity contribution in [2.45, 2.75) is 26.0 Å². The van der Waals surface area contributed by atoms with Gasteiger partial charge in [-0.25, -0.2) is 13.2 Å². The normalized spacial score (nSPS) is 14.0.